The maximum Gasteiger partial charge on any atom is 0.306 e. The number of piperidine rings is 1. The van der Waals surface area contributed by atoms with E-state index in [0.29, 0.717) is 0 Å². The Bertz CT molecular complexity index is 1110. The molecule has 0 radical (unpaired) electrons. The number of rotatable bonds is 4. The van der Waals surface area contributed by atoms with Crippen LogP contribution in [0.3, 0.4) is 0 Å². The van der Waals surface area contributed by atoms with Crippen LogP contribution >= 0.6 is 0 Å². The van der Waals surface area contributed by atoms with Gasteiger partial charge in [0, 0.05) is 34.2 Å². The Hall–Kier alpha value is -2.99. The summed E-state index contributed by atoms with van der Waals surface area (Å²) in [6, 6.07) is 15.9. The van der Waals surface area contributed by atoms with E-state index in [-0.39, 0.29) is 17.4 Å². The third-order valence-corrected chi connectivity index (χ3v) is 7.77. The molecular formula is C27H35N3O3. The van der Waals surface area contributed by atoms with Gasteiger partial charge in [-0.15, -0.1) is 0 Å². The van der Waals surface area contributed by atoms with E-state index in [2.05, 4.69) is 41.1 Å². The zero-order valence-corrected chi connectivity index (χ0v) is 19.8. The lowest BCUT2D eigenvalue weighted by Gasteiger charge is -2.53. The summed E-state index contributed by atoms with van der Waals surface area (Å²) >= 11 is 0. The van der Waals surface area contributed by atoms with Crippen molar-refractivity contribution in [2.75, 3.05) is 25.9 Å². The van der Waals surface area contributed by atoms with Gasteiger partial charge < -0.3 is 20.6 Å². The van der Waals surface area contributed by atoms with E-state index in [1.165, 1.54) is 22.2 Å². The minimum atomic E-state index is -0.665. The van der Waals surface area contributed by atoms with Gasteiger partial charge >= 0.3 is 5.97 Å². The first kappa shape index (κ1) is 23.2. The second-order valence-electron chi connectivity index (χ2n) is 9.27. The maximum absolute atomic E-state index is 11.9. The fourth-order valence-electron chi connectivity index (χ4n) is 5.91. The largest absolute Gasteiger partial charge is 0.497 e. The zero-order chi connectivity index (χ0) is 23.6. The number of nitrogens with zero attached hydrogens (tertiary/aromatic N) is 1. The first-order chi connectivity index (χ1) is 15.9. The molecular weight excluding hydrogens is 414 g/mol. The molecule has 6 heteroatoms. The molecule has 3 atom stereocenters. The zero-order valence-electron chi connectivity index (χ0n) is 19.8. The number of hydrogen-bond donors (Lipinski definition) is 3. The predicted octanol–water partition coefficient (Wildman–Crippen LogP) is 5.26. The molecule has 1 saturated heterocycles. The highest BCUT2D eigenvalue weighted by Gasteiger charge is 2.52. The number of anilines is 1. The van der Waals surface area contributed by atoms with E-state index < -0.39 is 5.97 Å². The molecule has 33 heavy (non-hydrogen) atoms. The number of ether oxygens (including phenoxy) is 1. The molecule has 5 rings (SSSR count). The molecule has 176 valence electrons. The Morgan fingerprint density at radius 2 is 1.97 bits per heavy atom. The number of nitrogens with two attached hydrogens (primary N) is 1. The molecule has 1 fully saturated rings. The van der Waals surface area contributed by atoms with Crippen molar-refractivity contribution in [3.05, 3.63) is 59.8 Å². The molecule has 4 N–H and O–H groups in total. The molecule has 2 aliphatic heterocycles. The van der Waals surface area contributed by atoms with Gasteiger partial charge in [-0.3, -0.25) is 9.69 Å². The minimum absolute atomic E-state index is 0.193. The number of benzene rings is 2. The standard InChI is InChI=1S/C20H26N2O2.C7H9NO/c1-3-20(13(2)19(23)24)10-6-11-22-12-9-15-14-7-4-5-8-16(14)21-17(15)18(20)22;1-9-7-4-2-6(8)3-5-7/h4-5,7-8,13,18,21H,3,6,9-12H2,1-2H3,(H,23,24);2-5H,8H2,1H3/t13?,18-,20+;/m1./s1. The normalized spacial score (nSPS) is 23.1. The predicted molar refractivity (Wildman–Crippen MR) is 132 cm³/mol. The summed E-state index contributed by atoms with van der Waals surface area (Å²) in [7, 11) is 1.63. The Balaban J connectivity index is 0.000000243. The molecule has 6 nitrogen and oxygen atoms in total. The number of para-hydroxylation sites is 1. The highest BCUT2D eigenvalue weighted by molar-refractivity contribution is 5.85. The van der Waals surface area contributed by atoms with Gasteiger partial charge in [-0.25, -0.2) is 0 Å². The molecule has 0 spiro atoms. The van der Waals surface area contributed by atoms with Gasteiger partial charge in [0.05, 0.1) is 19.1 Å². The fraction of sp³-hybridized carbons (Fsp3) is 0.444. The third kappa shape index (κ3) is 4.20. The van der Waals surface area contributed by atoms with Crippen molar-refractivity contribution in [2.45, 2.75) is 45.6 Å². The van der Waals surface area contributed by atoms with E-state index in [1.807, 2.05) is 19.1 Å². The number of carboxylic acids is 1. The lowest BCUT2D eigenvalue weighted by atomic mass is 9.61. The SMILES string of the molecule is CC[C@@]1(C(C)C(=O)O)CCCN2CCc3c([nH]c4ccccc34)[C@@H]21.COc1ccc(N)cc1. The second-order valence-corrected chi connectivity index (χ2v) is 9.27. The highest BCUT2D eigenvalue weighted by atomic mass is 16.5. The number of hydrogen-bond acceptors (Lipinski definition) is 4. The number of nitrogen functional groups attached to an aromatic ring is 1. The van der Waals surface area contributed by atoms with E-state index in [0.717, 1.165) is 50.2 Å². The van der Waals surface area contributed by atoms with Crippen LogP contribution in [-0.2, 0) is 11.2 Å². The van der Waals surface area contributed by atoms with Crippen molar-refractivity contribution in [1.29, 1.82) is 0 Å². The van der Waals surface area contributed by atoms with E-state index in [9.17, 15) is 9.90 Å². The molecule has 2 aromatic carbocycles. The van der Waals surface area contributed by atoms with Crippen LogP contribution < -0.4 is 10.5 Å². The molecule has 0 bridgehead atoms. The van der Waals surface area contributed by atoms with Gasteiger partial charge in [0.2, 0.25) is 0 Å². The van der Waals surface area contributed by atoms with Crippen LogP contribution in [0, 0.1) is 11.3 Å². The average molecular weight is 450 g/mol. The quantitative estimate of drug-likeness (QED) is 0.473. The fourth-order valence-corrected chi connectivity index (χ4v) is 5.91. The Morgan fingerprint density at radius 1 is 1.24 bits per heavy atom. The van der Waals surface area contributed by atoms with Gasteiger partial charge in [-0.2, -0.15) is 0 Å². The van der Waals surface area contributed by atoms with E-state index >= 15 is 0 Å². The molecule has 1 aromatic heterocycles. The van der Waals surface area contributed by atoms with Crippen LogP contribution in [0.1, 0.15) is 50.4 Å². The molecule has 2 aliphatic rings. The van der Waals surface area contributed by atoms with Crippen LogP contribution in [0.15, 0.2) is 48.5 Å². The van der Waals surface area contributed by atoms with E-state index in [4.69, 9.17) is 10.5 Å². The summed E-state index contributed by atoms with van der Waals surface area (Å²) in [6.07, 6.45) is 4.04. The van der Waals surface area contributed by atoms with Crippen molar-refractivity contribution >= 4 is 22.6 Å². The summed E-state index contributed by atoms with van der Waals surface area (Å²) in [5.41, 5.74) is 9.86. The second kappa shape index (κ2) is 9.48. The van der Waals surface area contributed by atoms with Crippen molar-refractivity contribution < 1.29 is 14.6 Å². The summed E-state index contributed by atoms with van der Waals surface area (Å²) in [6.45, 7) is 6.19. The van der Waals surface area contributed by atoms with Crippen LogP contribution in [0.25, 0.3) is 10.9 Å². The topological polar surface area (TPSA) is 91.6 Å². The van der Waals surface area contributed by atoms with Crippen LogP contribution in [0.2, 0.25) is 0 Å². The highest BCUT2D eigenvalue weighted by Crippen LogP contribution is 2.55. The summed E-state index contributed by atoms with van der Waals surface area (Å²) in [5.74, 6) is -0.168. The van der Waals surface area contributed by atoms with Crippen molar-refractivity contribution in [3.8, 4) is 5.75 Å². The molecule has 3 heterocycles. The molecule has 1 unspecified atom stereocenters. The van der Waals surface area contributed by atoms with Crippen LogP contribution in [0.5, 0.6) is 5.75 Å². The molecule has 0 amide bonds. The number of carbonyl (C=O) groups is 1. The van der Waals surface area contributed by atoms with Gasteiger partial charge in [0.1, 0.15) is 5.75 Å². The van der Waals surface area contributed by atoms with Crippen LogP contribution in [-0.4, -0.2) is 41.2 Å². The summed E-state index contributed by atoms with van der Waals surface area (Å²) in [4.78, 5) is 18.1. The number of aliphatic carboxylic acids is 1. The number of aromatic amines is 1. The number of aromatic nitrogens is 1. The lowest BCUT2D eigenvalue weighted by molar-refractivity contribution is -0.151. The third-order valence-electron chi connectivity index (χ3n) is 7.77. The smallest absolute Gasteiger partial charge is 0.306 e. The lowest BCUT2D eigenvalue weighted by Crippen LogP contribution is -2.53. The van der Waals surface area contributed by atoms with Gasteiger partial charge in [-0.05, 0) is 68.1 Å². The van der Waals surface area contributed by atoms with Gasteiger partial charge in [-0.1, -0.05) is 32.0 Å². The number of nitrogens with one attached hydrogen (secondary N) is 1. The Labute approximate surface area is 195 Å². The number of methoxy groups -OCH3 is 1. The van der Waals surface area contributed by atoms with Crippen molar-refractivity contribution in [2.24, 2.45) is 11.3 Å². The maximum atomic E-state index is 11.9. The number of carboxylic acid groups (broad SMARTS) is 1. The van der Waals surface area contributed by atoms with Crippen molar-refractivity contribution in [1.82, 2.24) is 9.88 Å². The Kier molecular flexibility index (Phi) is 6.66. The molecule has 0 saturated carbocycles. The molecule has 3 aromatic rings. The first-order valence-corrected chi connectivity index (χ1v) is 11.9. The summed E-state index contributed by atoms with van der Waals surface area (Å²) in [5, 5.41) is 11.1. The van der Waals surface area contributed by atoms with E-state index in [1.54, 1.807) is 19.2 Å². The minimum Gasteiger partial charge on any atom is -0.497 e. The Morgan fingerprint density at radius 3 is 2.64 bits per heavy atom. The van der Waals surface area contributed by atoms with Gasteiger partial charge in [0.25, 0.3) is 0 Å². The van der Waals surface area contributed by atoms with Gasteiger partial charge in [0.15, 0.2) is 0 Å². The van der Waals surface area contributed by atoms with Crippen LogP contribution in [0.4, 0.5) is 5.69 Å². The average Bonchev–Trinajstić information content (AvgIpc) is 3.22. The first-order valence-electron chi connectivity index (χ1n) is 11.9. The monoisotopic (exact) mass is 449 g/mol. The van der Waals surface area contributed by atoms with Crippen molar-refractivity contribution in [3.63, 3.8) is 0 Å². The number of fused-ring (bicyclic) bond motifs is 5. The summed E-state index contributed by atoms with van der Waals surface area (Å²) < 4.78 is 4.91. The molecule has 0 aliphatic carbocycles. The number of H-pyrrole nitrogens is 1.